The van der Waals surface area contributed by atoms with Gasteiger partial charge in [-0.15, -0.1) is 0 Å². The van der Waals surface area contributed by atoms with Crippen LogP contribution in [0.2, 0.25) is 5.02 Å². The molecule has 2 aromatic rings. The SMILES string of the molecule is COC(=O)c1ccc(Cl)c2c1[C@@H]1C=CC[C@H]1[C@H](c1ccccc1[N+](=O)[O-])N2. The van der Waals surface area contributed by atoms with Crippen LogP contribution >= 0.6 is 11.6 Å². The molecule has 0 radical (unpaired) electrons. The molecule has 2 aromatic carbocycles. The number of methoxy groups -OCH3 is 1. The van der Waals surface area contributed by atoms with Crippen LogP contribution in [0.5, 0.6) is 0 Å². The molecule has 0 aromatic heterocycles. The molecule has 1 N–H and O–H groups in total. The molecule has 0 amide bonds. The second kappa shape index (κ2) is 6.70. The molecule has 0 saturated heterocycles. The molecule has 1 aliphatic heterocycles. The molecule has 0 unspecified atom stereocenters. The van der Waals surface area contributed by atoms with Gasteiger partial charge in [0.15, 0.2) is 0 Å². The monoisotopic (exact) mass is 384 g/mol. The van der Waals surface area contributed by atoms with E-state index in [1.807, 2.05) is 0 Å². The summed E-state index contributed by atoms with van der Waals surface area (Å²) in [4.78, 5) is 23.4. The van der Waals surface area contributed by atoms with E-state index in [-0.39, 0.29) is 28.5 Å². The van der Waals surface area contributed by atoms with Crippen LogP contribution in [-0.4, -0.2) is 18.0 Å². The minimum absolute atomic E-state index is 0.0421. The first kappa shape index (κ1) is 17.5. The Balaban J connectivity index is 1.89. The van der Waals surface area contributed by atoms with Crippen LogP contribution in [0, 0.1) is 16.0 Å². The van der Waals surface area contributed by atoms with Crippen LogP contribution in [0.4, 0.5) is 11.4 Å². The van der Waals surface area contributed by atoms with Gasteiger partial charge in [0, 0.05) is 12.0 Å². The second-order valence-corrected chi connectivity index (χ2v) is 7.07. The van der Waals surface area contributed by atoms with Crippen molar-refractivity contribution in [2.75, 3.05) is 12.4 Å². The summed E-state index contributed by atoms with van der Waals surface area (Å²) >= 11 is 6.43. The molecule has 0 bridgehead atoms. The highest BCUT2D eigenvalue weighted by Crippen LogP contribution is 2.53. The summed E-state index contributed by atoms with van der Waals surface area (Å²) in [6.07, 6.45) is 4.85. The number of ether oxygens (including phenoxy) is 1. The number of allylic oxidation sites excluding steroid dienone is 2. The summed E-state index contributed by atoms with van der Waals surface area (Å²) in [7, 11) is 1.34. The number of fused-ring (bicyclic) bond motifs is 3. The van der Waals surface area contributed by atoms with Gasteiger partial charge in [0.25, 0.3) is 5.69 Å². The summed E-state index contributed by atoms with van der Waals surface area (Å²) in [5.41, 5.74) is 2.58. The lowest BCUT2D eigenvalue weighted by molar-refractivity contribution is -0.385. The molecule has 27 heavy (non-hydrogen) atoms. The average molecular weight is 385 g/mol. The number of hydrogen-bond acceptors (Lipinski definition) is 5. The summed E-state index contributed by atoms with van der Waals surface area (Å²) in [6, 6.07) is 9.77. The van der Waals surface area contributed by atoms with E-state index >= 15 is 0 Å². The first-order valence-corrected chi connectivity index (χ1v) is 8.98. The van der Waals surface area contributed by atoms with E-state index in [4.69, 9.17) is 16.3 Å². The number of nitrogens with one attached hydrogen (secondary N) is 1. The van der Waals surface area contributed by atoms with Crippen molar-refractivity contribution < 1.29 is 14.5 Å². The zero-order valence-electron chi connectivity index (χ0n) is 14.5. The Bertz CT molecular complexity index is 972. The van der Waals surface area contributed by atoms with Gasteiger partial charge in [0.1, 0.15) is 0 Å². The Morgan fingerprint density at radius 3 is 2.81 bits per heavy atom. The molecule has 2 aliphatic rings. The van der Waals surface area contributed by atoms with Crippen molar-refractivity contribution in [3.8, 4) is 0 Å². The number of halogens is 1. The molecule has 1 aliphatic carbocycles. The largest absolute Gasteiger partial charge is 0.465 e. The number of nitrogens with zero attached hydrogens (tertiary/aromatic N) is 1. The average Bonchev–Trinajstić information content (AvgIpc) is 3.17. The number of para-hydroxylation sites is 1. The maximum absolute atomic E-state index is 12.3. The summed E-state index contributed by atoms with van der Waals surface area (Å²) in [5.74, 6) is -0.452. The van der Waals surface area contributed by atoms with Crippen LogP contribution < -0.4 is 5.32 Å². The van der Waals surface area contributed by atoms with Gasteiger partial charge in [-0.25, -0.2) is 4.79 Å². The van der Waals surface area contributed by atoms with Crippen LogP contribution in [0.3, 0.4) is 0 Å². The molecule has 1 heterocycles. The Hall–Kier alpha value is -2.86. The summed E-state index contributed by atoms with van der Waals surface area (Å²) in [5, 5.41) is 15.4. The minimum atomic E-state index is -0.423. The lowest BCUT2D eigenvalue weighted by Gasteiger charge is -2.38. The van der Waals surface area contributed by atoms with Gasteiger partial charge in [-0.2, -0.15) is 0 Å². The van der Waals surface area contributed by atoms with E-state index in [0.29, 0.717) is 21.8 Å². The van der Waals surface area contributed by atoms with Crippen molar-refractivity contribution in [3.63, 3.8) is 0 Å². The number of rotatable bonds is 3. The maximum Gasteiger partial charge on any atom is 0.338 e. The van der Waals surface area contributed by atoms with E-state index < -0.39 is 5.97 Å². The zero-order valence-corrected chi connectivity index (χ0v) is 15.3. The molecule has 0 fully saturated rings. The first-order chi connectivity index (χ1) is 13.0. The Kier molecular flexibility index (Phi) is 4.36. The Labute approximate surface area is 160 Å². The van der Waals surface area contributed by atoms with E-state index in [1.54, 1.807) is 30.3 Å². The molecule has 7 heteroatoms. The molecule has 138 valence electrons. The van der Waals surface area contributed by atoms with Crippen molar-refractivity contribution in [3.05, 3.63) is 80.4 Å². The maximum atomic E-state index is 12.3. The van der Waals surface area contributed by atoms with E-state index in [2.05, 4.69) is 17.5 Å². The van der Waals surface area contributed by atoms with Gasteiger partial charge >= 0.3 is 5.97 Å². The highest BCUT2D eigenvalue weighted by molar-refractivity contribution is 6.33. The smallest absolute Gasteiger partial charge is 0.338 e. The number of carbonyl (C=O) groups is 1. The number of nitro benzene ring substituents is 1. The van der Waals surface area contributed by atoms with E-state index in [9.17, 15) is 14.9 Å². The number of benzene rings is 2. The van der Waals surface area contributed by atoms with Crippen LogP contribution in [0.1, 0.15) is 39.9 Å². The summed E-state index contributed by atoms with van der Waals surface area (Å²) in [6.45, 7) is 0. The second-order valence-electron chi connectivity index (χ2n) is 6.67. The molecular formula is C20H17ClN2O4. The van der Waals surface area contributed by atoms with Crippen LogP contribution in [0.25, 0.3) is 0 Å². The zero-order chi connectivity index (χ0) is 19.1. The van der Waals surface area contributed by atoms with Crippen molar-refractivity contribution >= 4 is 28.9 Å². The number of anilines is 1. The third kappa shape index (κ3) is 2.77. The lowest BCUT2D eigenvalue weighted by atomic mass is 9.75. The predicted molar refractivity (Wildman–Crippen MR) is 102 cm³/mol. The minimum Gasteiger partial charge on any atom is -0.465 e. The lowest BCUT2D eigenvalue weighted by Crippen LogP contribution is -2.31. The molecule has 0 saturated carbocycles. The van der Waals surface area contributed by atoms with Crippen molar-refractivity contribution in [1.82, 2.24) is 0 Å². The normalized spacial score (nSPS) is 22.5. The first-order valence-electron chi connectivity index (χ1n) is 8.60. The fourth-order valence-electron chi connectivity index (χ4n) is 4.19. The quantitative estimate of drug-likeness (QED) is 0.353. The summed E-state index contributed by atoms with van der Waals surface area (Å²) < 4.78 is 4.93. The van der Waals surface area contributed by atoms with Gasteiger partial charge in [-0.3, -0.25) is 10.1 Å². The fraction of sp³-hybridized carbons (Fsp3) is 0.250. The molecule has 3 atom stereocenters. The molecule has 4 rings (SSSR count). The van der Waals surface area contributed by atoms with Gasteiger partial charge in [-0.05, 0) is 30.0 Å². The van der Waals surface area contributed by atoms with Gasteiger partial charge in [0.05, 0.1) is 39.9 Å². The molecule has 6 nitrogen and oxygen atoms in total. The third-order valence-electron chi connectivity index (χ3n) is 5.34. The van der Waals surface area contributed by atoms with E-state index in [1.165, 1.54) is 13.2 Å². The molecule has 0 spiro atoms. The topological polar surface area (TPSA) is 81.5 Å². The van der Waals surface area contributed by atoms with Crippen LogP contribution in [0.15, 0.2) is 48.6 Å². The van der Waals surface area contributed by atoms with Crippen molar-refractivity contribution in [2.45, 2.75) is 18.4 Å². The van der Waals surface area contributed by atoms with Gasteiger partial charge in [0.2, 0.25) is 0 Å². The number of nitro groups is 1. The number of hydrogen-bond donors (Lipinski definition) is 1. The number of esters is 1. The van der Waals surface area contributed by atoms with Crippen molar-refractivity contribution in [2.24, 2.45) is 5.92 Å². The third-order valence-corrected chi connectivity index (χ3v) is 5.66. The molecular weight excluding hydrogens is 368 g/mol. The standard InChI is InChI=1S/C20H17ClN2O4/c1-27-20(24)14-9-10-15(21)19-17(14)11-6-4-7-12(11)18(22-19)13-5-2-3-8-16(13)23(25)26/h2-6,8-12,18,22H,7H2,1H3/t11-,12-,18-/m1/s1. The van der Waals surface area contributed by atoms with E-state index in [0.717, 1.165) is 12.0 Å². The fourth-order valence-corrected chi connectivity index (χ4v) is 4.41. The predicted octanol–water partition coefficient (Wildman–Crippen LogP) is 4.86. The van der Waals surface area contributed by atoms with Crippen LogP contribution in [-0.2, 0) is 4.74 Å². The highest BCUT2D eigenvalue weighted by Gasteiger charge is 2.42. The number of carbonyl (C=O) groups excluding carboxylic acids is 1. The highest BCUT2D eigenvalue weighted by atomic mass is 35.5. The van der Waals surface area contributed by atoms with Gasteiger partial charge in [-0.1, -0.05) is 42.0 Å². The Morgan fingerprint density at radius 2 is 2.07 bits per heavy atom. The van der Waals surface area contributed by atoms with Crippen molar-refractivity contribution in [1.29, 1.82) is 0 Å². The van der Waals surface area contributed by atoms with Gasteiger partial charge < -0.3 is 10.1 Å². The Morgan fingerprint density at radius 1 is 1.30 bits per heavy atom.